The second kappa shape index (κ2) is 9.81. The molecule has 2 N–H and O–H groups in total. The Kier molecular flexibility index (Phi) is 7.01. The number of likely N-dealkylation sites (tertiary alicyclic amines) is 1. The molecule has 0 radical (unpaired) electrons. The largest absolute Gasteiger partial charge is 0.444 e. The number of benzene rings is 1. The van der Waals surface area contributed by atoms with E-state index < -0.39 is 17.7 Å². The number of aliphatic hydroxyl groups excluding tert-OH is 1. The molecule has 0 bridgehead atoms. The number of amides is 2. The van der Waals surface area contributed by atoms with Crippen molar-refractivity contribution in [3.63, 3.8) is 0 Å². The molecule has 0 spiro atoms. The van der Waals surface area contributed by atoms with E-state index in [1.54, 1.807) is 0 Å². The first-order valence-electron chi connectivity index (χ1n) is 11.0. The highest BCUT2D eigenvalue weighted by atomic mass is 32.1. The molecule has 1 aliphatic heterocycles. The Labute approximate surface area is 206 Å². The van der Waals surface area contributed by atoms with Gasteiger partial charge < -0.3 is 15.2 Å². The molecule has 1 fully saturated rings. The monoisotopic (exact) mass is 500 g/mol. The summed E-state index contributed by atoms with van der Waals surface area (Å²) in [6.07, 6.45) is 0.00365. The van der Waals surface area contributed by atoms with Crippen LogP contribution in [0, 0.1) is 6.92 Å². The Morgan fingerprint density at radius 1 is 1.24 bits per heavy atom. The minimum atomic E-state index is -0.668. The van der Waals surface area contributed by atoms with E-state index >= 15 is 0 Å². The standard InChI is InChI=1S/C24H28N4O4S2/c1-14-20(34-19(12-29)25-14)17-13-33-22(26-17)27-21(30)18-10-16(15-8-6-5-7-9-15)11-28(18)23(31)32-24(2,3)4/h5-9,13,16,18,29H,10-12H2,1-4H3,(H,26,27,30)/t16-,18+/m1/s1. The summed E-state index contributed by atoms with van der Waals surface area (Å²) in [4.78, 5) is 37.5. The summed E-state index contributed by atoms with van der Waals surface area (Å²) in [5, 5.41) is 15.2. The number of hydrogen-bond donors (Lipinski definition) is 2. The molecular formula is C24H28N4O4S2. The molecule has 1 aliphatic rings. The molecule has 180 valence electrons. The molecule has 4 rings (SSSR count). The average molecular weight is 501 g/mol. The predicted molar refractivity (Wildman–Crippen MR) is 133 cm³/mol. The van der Waals surface area contributed by atoms with E-state index in [1.807, 2.05) is 63.4 Å². The van der Waals surface area contributed by atoms with Gasteiger partial charge in [-0.1, -0.05) is 30.3 Å². The lowest BCUT2D eigenvalue weighted by atomic mass is 9.96. The Morgan fingerprint density at radius 2 is 1.97 bits per heavy atom. The zero-order valence-corrected chi connectivity index (χ0v) is 21.2. The molecule has 2 atom stereocenters. The van der Waals surface area contributed by atoms with Gasteiger partial charge in [0.15, 0.2) is 5.13 Å². The first-order chi connectivity index (χ1) is 16.1. The van der Waals surface area contributed by atoms with Gasteiger partial charge in [-0.15, -0.1) is 22.7 Å². The first-order valence-corrected chi connectivity index (χ1v) is 12.7. The van der Waals surface area contributed by atoms with Crippen LogP contribution >= 0.6 is 22.7 Å². The number of hydrogen-bond acceptors (Lipinski definition) is 8. The third-order valence-electron chi connectivity index (χ3n) is 5.45. The van der Waals surface area contributed by atoms with Gasteiger partial charge in [-0.25, -0.2) is 14.8 Å². The lowest BCUT2D eigenvalue weighted by Crippen LogP contribution is -2.45. The molecule has 1 saturated heterocycles. The van der Waals surface area contributed by atoms with Gasteiger partial charge in [0.1, 0.15) is 16.7 Å². The van der Waals surface area contributed by atoms with Gasteiger partial charge >= 0.3 is 6.09 Å². The van der Waals surface area contributed by atoms with Crippen LogP contribution in [0.15, 0.2) is 35.7 Å². The number of thiazole rings is 2. The zero-order valence-electron chi connectivity index (χ0n) is 19.6. The van der Waals surface area contributed by atoms with Crippen LogP contribution in [0.25, 0.3) is 10.6 Å². The van der Waals surface area contributed by atoms with E-state index in [9.17, 15) is 14.7 Å². The van der Waals surface area contributed by atoms with Crippen LogP contribution in [0.1, 0.15) is 49.4 Å². The molecule has 2 aromatic heterocycles. The van der Waals surface area contributed by atoms with Crippen molar-refractivity contribution in [3.8, 4) is 10.6 Å². The van der Waals surface area contributed by atoms with E-state index in [-0.39, 0.29) is 18.4 Å². The smallest absolute Gasteiger partial charge is 0.410 e. The molecule has 3 aromatic rings. The van der Waals surface area contributed by atoms with Crippen molar-refractivity contribution in [2.45, 2.75) is 58.3 Å². The number of aromatic nitrogens is 2. The maximum Gasteiger partial charge on any atom is 0.410 e. The third kappa shape index (κ3) is 5.45. The van der Waals surface area contributed by atoms with Crippen molar-refractivity contribution < 1.29 is 19.4 Å². The zero-order chi connectivity index (χ0) is 24.5. The van der Waals surface area contributed by atoms with Crippen molar-refractivity contribution >= 4 is 39.8 Å². The van der Waals surface area contributed by atoms with Gasteiger partial charge in [0.2, 0.25) is 5.91 Å². The quantitative estimate of drug-likeness (QED) is 0.522. The predicted octanol–water partition coefficient (Wildman–Crippen LogP) is 4.80. The van der Waals surface area contributed by atoms with E-state index in [4.69, 9.17) is 4.74 Å². The maximum absolute atomic E-state index is 13.3. The van der Waals surface area contributed by atoms with E-state index in [0.717, 1.165) is 16.1 Å². The van der Waals surface area contributed by atoms with Crippen molar-refractivity contribution in [1.29, 1.82) is 0 Å². The molecule has 0 saturated carbocycles. The number of aliphatic hydroxyl groups is 1. The fourth-order valence-electron chi connectivity index (χ4n) is 3.96. The summed E-state index contributed by atoms with van der Waals surface area (Å²) in [7, 11) is 0. The summed E-state index contributed by atoms with van der Waals surface area (Å²) >= 11 is 2.69. The Bertz CT molecular complexity index is 1170. The number of nitrogens with zero attached hydrogens (tertiary/aromatic N) is 3. The molecule has 2 amide bonds. The molecule has 0 aliphatic carbocycles. The second-order valence-electron chi connectivity index (χ2n) is 9.20. The Balaban J connectivity index is 1.53. The molecule has 1 aromatic carbocycles. The molecule has 0 unspecified atom stereocenters. The van der Waals surface area contributed by atoms with Gasteiger partial charge in [0.05, 0.1) is 22.9 Å². The van der Waals surface area contributed by atoms with Crippen LogP contribution in [-0.2, 0) is 16.1 Å². The van der Waals surface area contributed by atoms with Crippen LogP contribution < -0.4 is 5.32 Å². The van der Waals surface area contributed by atoms with Crippen LogP contribution in [0.2, 0.25) is 0 Å². The summed E-state index contributed by atoms with van der Waals surface area (Å²) in [5.74, 6) is -0.254. The number of aryl methyl sites for hydroxylation is 1. The van der Waals surface area contributed by atoms with Gasteiger partial charge in [0, 0.05) is 17.8 Å². The minimum Gasteiger partial charge on any atom is -0.444 e. The van der Waals surface area contributed by atoms with Gasteiger partial charge in [-0.2, -0.15) is 0 Å². The van der Waals surface area contributed by atoms with Crippen LogP contribution in [0.4, 0.5) is 9.93 Å². The average Bonchev–Trinajstić information content (AvgIpc) is 3.51. The van der Waals surface area contributed by atoms with Crippen molar-refractivity contribution in [1.82, 2.24) is 14.9 Å². The molecule has 3 heterocycles. The number of carbonyl (C=O) groups is 2. The number of ether oxygens (including phenoxy) is 1. The van der Waals surface area contributed by atoms with Crippen molar-refractivity contribution in [3.05, 3.63) is 52.0 Å². The summed E-state index contributed by atoms with van der Waals surface area (Å²) in [6, 6.07) is 9.23. The van der Waals surface area contributed by atoms with Crippen LogP contribution in [0.5, 0.6) is 0 Å². The lowest BCUT2D eigenvalue weighted by Gasteiger charge is -2.27. The van der Waals surface area contributed by atoms with Crippen LogP contribution in [0.3, 0.4) is 0 Å². The third-order valence-corrected chi connectivity index (χ3v) is 7.37. The second-order valence-corrected chi connectivity index (χ2v) is 11.1. The lowest BCUT2D eigenvalue weighted by molar-refractivity contribution is -0.120. The fraction of sp³-hybridized carbons (Fsp3) is 0.417. The van der Waals surface area contributed by atoms with Crippen LogP contribution in [-0.4, -0.2) is 50.2 Å². The van der Waals surface area contributed by atoms with Gasteiger partial charge in [-0.3, -0.25) is 9.69 Å². The number of anilines is 1. The normalized spacial score (nSPS) is 18.2. The number of carbonyl (C=O) groups excluding carboxylic acids is 2. The summed E-state index contributed by atoms with van der Waals surface area (Å²) < 4.78 is 5.59. The Morgan fingerprint density at radius 3 is 2.62 bits per heavy atom. The highest BCUT2D eigenvalue weighted by Crippen LogP contribution is 2.35. The topological polar surface area (TPSA) is 105 Å². The summed E-state index contributed by atoms with van der Waals surface area (Å²) in [6.45, 7) is 7.58. The highest BCUT2D eigenvalue weighted by molar-refractivity contribution is 7.17. The first kappa shape index (κ1) is 24.3. The van der Waals surface area contributed by atoms with E-state index in [1.165, 1.54) is 27.6 Å². The SMILES string of the molecule is Cc1nc(CO)sc1-c1csc(NC(=O)[C@@H]2C[C@@H](c3ccccc3)CN2C(=O)OC(C)(C)C)n1. The number of nitrogens with one attached hydrogen (secondary N) is 1. The summed E-state index contributed by atoms with van der Waals surface area (Å²) in [5.41, 5.74) is 1.92. The van der Waals surface area contributed by atoms with Crippen molar-refractivity contribution in [2.24, 2.45) is 0 Å². The van der Waals surface area contributed by atoms with E-state index in [0.29, 0.717) is 28.8 Å². The minimum absolute atomic E-state index is 0.0352. The van der Waals surface area contributed by atoms with Gasteiger partial charge in [-0.05, 0) is 39.7 Å². The van der Waals surface area contributed by atoms with Crippen molar-refractivity contribution in [2.75, 3.05) is 11.9 Å². The Hall–Kier alpha value is -2.82. The fourth-order valence-corrected chi connectivity index (χ4v) is 5.62. The highest BCUT2D eigenvalue weighted by Gasteiger charge is 2.42. The molecule has 10 heteroatoms. The molecule has 8 nitrogen and oxygen atoms in total. The molecular weight excluding hydrogens is 472 g/mol. The molecule has 34 heavy (non-hydrogen) atoms. The maximum atomic E-state index is 13.3. The van der Waals surface area contributed by atoms with Gasteiger partial charge in [0.25, 0.3) is 0 Å². The van der Waals surface area contributed by atoms with E-state index in [2.05, 4.69) is 15.3 Å². The number of rotatable bonds is 5.